The molecule has 28 heavy (non-hydrogen) atoms. The van der Waals surface area contributed by atoms with E-state index < -0.39 is 17.5 Å². The maximum atomic E-state index is 13.5. The van der Waals surface area contributed by atoms with Crippen LogP contribution in [-0.4, -0.2) is 12.1 Å². The van der Waals surface area contributed by atoms with Crippen LogP contribution in [0.1, 0.15) is 21.5 Å². The van der Waals surface area contributed by atoms with E-state index in [1.54, 1.807) is 48.5 Å². The average molecular weight is 401 g/mol. The lowest BCUT2D eigenvalue weighted by molar-refractivity contribution is 0.0955. The third kappa shape index (κ3) is 5.14. The topological polar surface area (TPSA) is 50.7 Å². The van der Waals surface area contributed by atoms with E-state index in [-0.39, 0.29) is 5.56 Å². The van der Waals surface area contributed by atoms with Crippen LogP contribution in [0.4, 0.5) is 8.78 Å². The van der Waals surface area contributed by atoms with E-state index in [9.17, 15) is 13.6 Å². The lowest BCUT2D eigenvalue weighted by Crippen LogP contribution is -2.17. The highest BCUT2D eigenvalue weighted by Crippen LogP contribution is 2.17. The quantitative estimate of drug-likeness (QED) is 0.469. The van der Waals surface area contributed by atoms with Crippen LogP contribution in [0.2, 0.25) is 5.02 Å². The molecule has 4 nitrogen and oxygen atoms in total. The minimum Gasteiger partial charge on any atom is -0.489 e. The first kappa shape index (κ1) is 19.5. The summed E-state index contributed by atoms with van der Waals surface area (Å²) in [6, 6.07) is 17.2. The summed E-state index contributed by atoms with van der Waals surface area (Å²) in [4.78, 5) is 12.1. The van der Waals surface area contributed by atoms with Gasteiger partial charge in [0.15, 0.2) is 0 Å². The second-order valence-corrected chi connectivity index (χ2v) is 6.21. The third-order valence-corrected chi connectivity index (χ3v) is 4.05. The second kappa shape index (κ2) is 9.10. The van der Waals surface area contributed by atoms with Crippen molar-refractivity contribution in [2.75, 3.05) is 0 Å². The first-order valence-electron chi connectivity index (χ1n) is 8.27. The Labute approximate surface area is 165 Å². The number of nitrogens with one attached hydrogen (secondary N) is 1. The van der Waals surface area contributed by atoms with Gasteiger partial charge in [0.05, 0.1) is 11.8 Å². The number of rotatable bonds is 6. The van der Waals surface area contributed by atoms with Crippen molar-refractivity contribution in [3.05, 3.63) is 100 Å². The highest BCUT2D eigenvalue weighted by atomic mass is 35.5. The normalized spacial score (nSPS) is 10.8. The van der Waals surface area contributed by atoms with Crippen LogP contribution in [0, 0.1) is 11.6 Å². The molecule has 0 aromatic heterocycles. The Balaban J connectivity index is 1.56. The smallest absolute Gasteiger partial charge is 0.271 e. The Morgan fingerprint density at radius 1 is 1.00 bits per heavy atom. The van der Waals surface area contributed by atoms with Crippen LogP contribution in [0.5, 0.6) is 5.75 Å². The van der Waals surface area contributed by atoms with E-state index >= 15 is 0 Å². The summed E-state index contributed by atoms with van der Waals surface area (Å²) < 4.78 is 32.6. The minimum absolute atomic E-state index is 0.322. The van der Waals surface area contributed by atoms with Crippen LogP contribution >= 0.6 is 11.6 Å². The molecule has 0 saturated carbocycles. The van der Waals surface area contributed by atoms with Crippen molar-refractivity contribution >= 4 is 23.7 Å². The second-order valence-electron chi connectivity index (χ2n) is 5.77. The molecule has 3 aromatic carbocycles. The lowest BCUT2D eigenvalue weighted by atomic mass is 10.1. The molecule has 0 aliphatic carbocycles. The molecule has 1 amide bonds. The lowest BCUT2D eigenvalue weighted by Gasteiger charge is -2.07. The molecule has 0 radical (unpaired) electrons. The van der Waals surface area contributed by atoms with Gasteiger partial charge >= 0.3 is 0 Å². The number of hydrazone groups is 1. The van der Waals surface area contributed by atoms with Crippen molar-refractivity contribution in [2.24, 2.45) is 5.10 Å². The van der Waals surface area contributed by atoms with Gasteiger partial charge < -0.3 is 4.74 Å². The van der Waals surface area contributed by atoms with Crippen LogP contribution < -0.4 is 10.2 Å². The van der Waals surface area contributed by atoms with Gasteiger partial charge in [0.25, 0.3) is 5.91 Å². The Hall–Kier alpha value is -3.25. The summed E-state index contributed by atoms with van der Waals surface area (Å²) in [5, 5.41) is 4.23. The monoisotopic (exact) mass is 400 g/mol. The van der Waals surface area contributed by atoms with Gasteiger partial charge in [0, 0.05) is 10.6 Å². The van der Waals surface area contributed by atoms with Gasteiger partial charge in [-0.15, -0.1) is 0 Å². The molecule has 142 valence electrons. The van der Waals surface area contributed by atoms with Crippen molar-refractivity contribution < 1.29 is 18.3 Å². The molecular formula is C21H15ClF2N2O2. The van der Waals surface area contributed by atoms with Gasteiger partial charge in [0.2, 0.25) is 0 Å². The van der Waals surface area contributed by atoms with Crippen molar-refractivity contribution in [3.8, 4) is 5.75 Å². The average Bonchev–Trinajstić information content (AvgIpc) is 2.70. The zero-order valence-corrected chi connectivity index (χ0v) is 15.3. The summed E-state index contributed by atoms with van der Waals surface area (Å²) in [6.45, 7) is 0.328. The fourth-order valence-electron chi connectivity index (χ4n) is 2.30. The molecule has 0 unspecified atom stereocenters. The Bertz CT molecular complexity index is 970. The molecule has 0 fully saturated rings. The molecule has 0 saturated heterocycles. The summed E-state index contributed by atoms with van der Waals surface area (Å²) >= 11 is 5.82. The molecule has 0 spiro atoms. The summed E-state index contributed by atoms with van der Waals surface area (Å²) in [6.07, 6.45) is 0.927. The van der Waals surface area contributed by atoms with Crippen molar-refractivity contribution in [2.45, 2.75) is 6.61 Å². The molecule has 0 aliphatic heterocycles. The fraction of sp³-hybridized carbons (Fsp3) is 0.0476. The summed E-state index contributed by atoms with van der Waals surface area (Å²) in [7, 11) is 0. The minimum atomic E-state index is -0.761. The summed E-state index contributed by atoms with van der Waals surface area (Å²) in [5.74, 6) is -1.34. The van der Waals surface area contributed by atoms with Gasteiger partial charge in [-0.05, 0) is 54.1 Å². The molecule has 0 atom stereocenters. The van der Waals surface area contributed by atoms with Crippen LogP contribution in [0.3, 0.4) is 0 Å². The first-order valence-corrected chi connectivity index (χ1v) is 8.65. The van der Waals surface area contributed by atoms with E-state index in [1.165, 1.54) is 6.07 Å². The first-order chi connectivity index (χ1) is 13.5. The van der Waals surface area contributed by atoms with Crippen molar-refractivity contribution in [3.63, 3.8) is 0 Å². The number of carbonyl (C=O) groups excluding carboxylic acids is 1. The van der Waals surface area contributed by atoms with E-state index in [2.05, 4.69) is 10.5 Å². The maximum absolute atomic E-state index is 13.5. The molecule has 0 bridgehead atoms. The van der Waals surface area contributed by atoms with Crippen molar-refractivity contribution in [1.82, 2.24) is 5.43 Å². The van der Waals surface area contributed by atoms with Gasteiger partial charge in [-0.3, -0.25) is 4.79 Å². The van der Waals surface area contributed by atoms with E-state index in [1.807, 2.05) is 0 Å². The molecule has 0 aliphatic rings. The number of carbonyl (C=O) groups is 1. The predicted octanol–water partition coefficient (Wildman–Crippen LogP) is 4.96. The predicted molar refractivity (Wildman–Crippen MR) is 104 cm³/mol. The number of hydrogen-bond acceptors (Lipinski definition) is 3. The molecule has 7 heteroatoms. The molecule has 3 rings (SSSR count). The molecule has 1 N–H and O–H groups in total. The molecular weight excluding hydrogens is 386 g/mol. The molecule has 0 heterocycles. The van der Waals surface area contributed by atoms with Crippen LogP contribution in [0.25, 0.3) is 0 Å². The Kier molecular flexibility index (Phi) is 6.34. The van der Waals surface area contributed by atoms with E-state index in [0.29, 0.717) is 22.9 Å². The van der Waals surface area contributed by atoms with Gasteiger partial charge in [-0.2, -0.15) is 5.10 Å². The van der Waals surface area contributed by atoms with Crippen LogP contribution in [0.15, 0.2) is 71.8 Å². The van der Waals surface area contributed by atoms with Gasteiger partial charge in [0.1, 0.15) is 24.0 Å². The van der Waals surface area contributed by atoms with E-state index in [4.69, 9.17) is 16.3 Å². The third-order valence-electron chi connectivity index (χ3n) is 3.79. The van der Waals surface area contributed by atoms with Crippen molar-refractivity contribution in [1.29, 1.82) is 0 Å². The number of amides is 1. The number of hydrogen-bond donors (Lipinski definition) is 1. The number of halogens is 3. The highest BCUT2D eigenvalue weighted by molar-refractivity contribution is 6.30. The maximum Gasteiger partial charge on any atom is 0.271 e. The zero-order chi connectivity index (χ0) is 19.9. The molecule has 3 aromatic rings. The highest BCUT2D eigenvalue weighted by Gasteiger charge is 2.07. The zero-order valence-electron chi connectivity index (χ0n) is 14.5. The van der Waals surface area contributed by atoms with E-state index in [0.717, 1.165) is 23.9 Å². The fourth-order valence-corrected chi connectivity index (χ4v) is 2.43. The number of nitrogens with zero attached hydrogens (tertiary/aromatic N) is 1. The SMILES string of the molecule is O=C(N/N=C\c1c(F)cccc1F)c1ccc(COc2ccc(Cl)cc2)cc1. The Morgan fingerprint density at radius 2 is 1.64 bits per heavy atom. The van der Waals surface area contributed by atoms with Gasteiger partial charge in [-0.25, -0.2) is 14.2 Å². The standard InChI is InChI=1S/C21H15ClF2N2O2/c22-16-8-10-17(11-9-16)28-13-14-4-6-15(7-5-14)21(27)26-25-12-18-19(23)2-1-3-20(18)24/h1-12H,13H2,(H,26,27)/b25-12-. The number of ether oxygens (including phenoxy) is 1. The summed E-state index contributed by atoms with van der Waals surface area (Å²) in [5.41, 5.74) is 3.13. The number of benzene rings is 3. The van der Waals surface area contributed by atoms with Gasteiger partial charge in [-0.1, -0.05) is 29.8 Å². The Morgan fingerprint density at radius 3 is 2.29 bits per heavy atom. The largest absolute Gasteiger partial charge is 0.489 e. The van der Waals surface area contributed by atoms with Crippen LogP contribution in [-0.2, 0) is 6.61 Å².